The first-order chi connectivity index (χ1) is 11.3. The van der Waals surface area contributed by atoms with Crippen LogP contribution in [0.3, 0.4) is 0 Å². The molecule has 0 radical (unpaired) electrons. The van der Waals surface area contributed by atoms with E-state index in [1.807, 2.05) is 0 Å². The molecule has 0 aliphatic carbocycles. The third-order valence-corrected chi connectivity index (χ3v) is 7.85. The molecule has 5 nitrogen and oxygen atoms in total. The predicted octanol–water partition coefficient (Wildman–Crippen LogP) is 2.94. The van der Waals surface area contributed by atoms with Crippen LogP contribution in [-0.2, 0) is 9.84 Å². The lowest BCUT2D eigenvalue weighted by Gasteiger charge is -2.38. The second-order valence-electron chi connectivity index (χ2n) is 6.63. The summed E-state index contributed by atoms with van der Waals surface area (Å²) in [5.41, 5.74) is 0.248. The van der Waals surface area contributed by atoms with Gasteiger partial charge in [-0.1, -0.05) is 6.42 Å². The molecule has 130 valence electrons. The summed E-state index contributed by atoms with van der Waals surface area (Å²) < 4.78 is 59.4. The van der Waals surface area contributed by atoms with Crippen molar-refractivity contribution in [3.63, 3.8) is 0 Å². The van der Waals surface area contributed by atoms with Gasteiger partial charge in [-0.2, -0.15) is 0 Å². The second-order valence-corrected chi connectivity index (χ2v) is 9.14. The smallest absolute Gasteiger partial charge is 0.395 e. The van der Waals surface area contributed by atoms with Crippen LogP contribution in [0, 0.1) is 5.92 Å². The van der Waals surface area contributed by atoms with Gasteiger partial charge in [0.1, 0.15) is 0 Å². The van der Waals surface area contributed by atoms with Crippen molar-refractivity contribution in [2.24, 2.45) is 5.92 Å². The number of benzene rings is 1. The molecule has 3 heterocycles. The molecule has 2 bridgehead atoms. The van der Waals surface area contributed by atoms with E-state index in [-0.39, 0.29) is 22.8 Å². The minimum Gasteiger partial charge on any atom is -0.395 e. The van der Waals surface area contributed by atoms with Crippen LogP contribution in [-0.4, -0.2) is 31.0 Å². The van der Waals surface area contributed by atoms with Crippen LogP contribution >= 0.6 is 0 Å². The number of sulfone groups is 1. The van der Waals surface area contributed by atoms with E-state index in [0.29, 0.717) is 25.7 Å². The molecule has 2 unspecified atom stereocenters. The molecule has 1 aromatic rings. The van der Waals surface area contributed by atoms with Crippen molar-refractivity contribution in [2.45, 2.75) is 48.9 Å². The van der Waals surface area contributed by atoms with E-state index in [0.717, 1.165) is 6.42 Å². The molecule has 0 amide bonds. The van der Waals surface area contributed by atoms with Gasteiger partial charge in [0.25, 0.3) is 0 Å². The molecular formula is C16H16F2O5S. The Morgan fingerprint density at radius 2 is 1.71 bits per heavy atom. The first-order valence-electron chi connectivity index (χ1n) is 7.93. The topological polar surface area (TPSA) is 69.7 Å². The molecule has 3 aliphatic rings. The number of rotatable bonds is 2. The van der Waals surface area contributed by atoms with Crippen molar-refractivity contribution < 1.29 is 31.5 Å². The average molecular weight is 358 g/mol. The molecule has 3 aliphatic heterocycles. The quantitative estimate of drug-likeness (QED) is 0.761. The van der Waals surface area contributed by atoms with Gasteiger partial charge in [0.15, 0.2) is 27.1 Å². The first-order valence-corrected chi connectivity index (χ1v) is 9.54. The zero-order valence-electron chi connectivity index (χ0n) is 12.7. The molecular weight excluding hydrogens is 342 g/mol. The SMILES string of the molecule is O=C(c1ccc2c(c1)OC(F)(F)O2)C1CC2CCCC(C1)S2(=O)=O. The zero-order valence-corrected chi connectivity index (χ0v) is 13.5. The van der Waals surface area contributed by atoms with Crippen LogP contribution in [0.2, 0.25) is 0 Å². The molecule has 4 rings (SSSR count). The Kier molecular flexibility index (Phi) is 3.39. The molecule has 2 atom stereocenters. The minimum absolute atomic E-state index is 0.111. The maximum Gasteiger partial charge on any atom is 0.586 e. The van der Waals surface area contributed by atoms with Gasteiger partial charge < -0.3 is 9.47 Å². The summed E-state index contributed by atoms with van der Waals surface area (Å²) in [7, 11) is -3.14. The molecule has 2 saturated heterocycles. The van der Waals surface area contributed by atoms with Gasteiger partial charge in [-0.25, -0.2) is 8.42 Å². The van der Waals surface area contributed by atoms with Crippen LogP contribution < -0.4 is 9.47 Å². The predicted molar refractivity (Wildman–Crippen MR) is 80.0 cm³/mol. The number of carbonyl (C=O) groups is 1. The van der Waals surface area contributed by atoms with Crippen molar-refractivity contribution in [1.82, 2.24) is 0 Å². The Balaban J connectivity index is 1.58. The summed E-state index contributed by atoms with van der Waals surface area (Å²) in [4.78, 5) is 12.7. The average Bonchev–Trinajstić information content (AvgIpc) is 2.78. The molecule has 0 N–H and O–H groups in total. The van der Waals surface area contributed by atoms with E-state index in [2.05, 4.69) is 9.47 Å². The Labute approximate surface area is 137 Å². The fraction of sp³-hybridized carbons (Fsp3) is 0.562. The highest BCUT2D eigenvalue weighted by atomic mass is 32.2. The maximum atomic E-state index is 13.1. The Morgan fingerprint density at radius 3 is 2.38 bits per heavy atom. The van der Waals surface area contributed by atoms with Crippen molar-refractivity contribution >= 4 is 15.6 Å². The first kappa shape index (κ1) is 15.8. The van der Waals surface area contributed by atoms with Gasteiger partial charge in [-0.3, -0.25) is 4.79 Å². The Bertz CT molecular complexity index is 785. The van der Waals surface area contributed by atoms with Crippen molar-refractivity contribution in [3.8, 4) is 11.5 Å². The number of ketones is 1. The highest BCUT2D eigenvalue weighted by molar-refractivity contribution is 7.92. The fourth-order valence-electron chi connectivity index (χ4n) is 3.96. The zero-order chi connectivity index (χ0) is 17.1. The second kappa shape index (κ2) is 5.15. The number of alkyl halides is 2. The largest absolute Gasteiger partial charge is 0.586 e. The number of hydrogen-bond donors (Lipinski definition) is 0. The van der Waals surface area contributed by atoms with Crippen LogP contribution in [0.5, 0.6) is 11.5 Å². The standard InChI is InChI=1S/C16H16F2O5S/c17-16(18)22-13-5-4-9(8-14(13)23-16)15(19)10-6-11-2-1-3-12(7-10)24(11,20)21/h4-5,8,10-12H,1-3,6-7H2. The van der Waals surface area contributed by atoms with Gasteiger partial charge in [-0.05, 0) is 43.9 Å². The summed E-state index contributed by atoms with van der Waals surface area (Å²) in [6, 6.07) is 3.95. The fourth-order valence-corrected chi connectivity index (χ4v) is 6.50. The van der Waals surface area contributed by atoms with E-state index >= 15 is 0 Å². The van der Waals surface area contributed by atoms with Gasteiger partial charge in [0.2, 0.25) is 0 Å². The Morgan fingerprint density at radius 1 is 1.08 bits per heavy atom. The lowest BCUT2D eigenvalue weighted by atomic mass is 9.84. The number of hydrogen-bond acceptors (Lipinski definition) is 5. The van der Waals surface area contributed by atoms with Crippen LogP contribution in [0.4, 0.5) is 8.78 Å². The van der Waals surface area contributed by atoms with Gasteiger partial charge in [-0.15, -0.1) is 8.78 Å². The highest BCUT2D eigenvalue weighted by Gasteiger charge is 2.47. The van der Waals surface area contributed by atoms with E-state index in [1.165, 1.54) is 18.2 Å². The lowest BCUT2D eigenvalue weighted by molar-refractivity contribution is -0.286. The van der Waals surface area contributed by atoms with Crippen molar-refractivity contribution in [2.75, 3.05) is 0 Å². The van der Waals surface area contributed by atoms with Gasteiger partial charge >= 0.3 is 6.29 Å². The van der Waals surface area contributed by atoms with E-state index in [4.69, 9.17) is 0 Å². The normalized spacial score (nSPS) is 32.3. The van der Waals surface area contributed by atoms with Crippen LogP contribution in [0.25, 0.3) is 0 Å². The summed E-state index contributed by atoms with van der Waals surface area (Å²) in [6.07, 6.45) is -1.05. The third kappa shape index (κ3) is 2.47. The molecule has 1 aromatic carbocycles. The summed E-state index contributed by atoms with van der Waals surface area (Å²) in [5, 5.41) is -0.922. The van der Waals surface area contributed by atoms with Crippen LogP contribution in [0.15, 0.2) is 18.2 Å². The summed E-state index contributed by atoms with van der Waals surface area (Å²) >= 11 is 0. The minimum atomic E-state index is -3.72. The van der Waals surface area contributed by atoms with Gasteiger partial charge in [0.05, 0.1) is 10.5 Å². The van der Waals surface area contributed by atoms with Gasteiger partial charge in [0, 0.05) is 11.5 Å². The van der Waals surface area contributed by atoms with Crippen LogP contribution in [0.1, 0.15) is 42.5 Å². The molecule has 8 heteroatoms. The highest BCUT2D eigenvalue weighted by Crippen LogP contribution is 2.43. The number of fused-ring (bicyclic) bond motifs is 3. The summed E-state index contributed by atoms with van der Waals surface area (Å²) in [6.45, 7) is 0. The maximum absolute atomic E-state index is 13.1. The molecule has 0 saturated carbocycles. The van der Waals surface area contributed by atoms with Crippen molar-refractivity contribution in [1.29, 1.82) is 0 Å². The molecule has 2 fully saturated rings. The number of Topliss-reactive ketones (excluding diaryl/α,β-unsaturated/α-hetero) is 1. The molecule has 24 heavy (non-hydrogen) atoms. The molecule has 0 spiro atoms. The number of halogens is 2. The van der Waals surface area contributed by atoms with E-state index in [1.54, 1.807) is 0 Å². The van der Waals surface area contributed by atoms with E-state index in [9.17, 15) is 22.0 Å². The third-order valence-electron chi connectivity index (χ3n) is 5.13. The number of carbonyl (C=O) groups excluding carboxylic acids is 1. The Hall–Kier alpha value is -1.70. The monoisotopic (exact) mass is 358 g/mol. The number of ether oxygens (including phenoxy) is 2. The summed E-state index contributed by atoms with van der Waals surface area (Å²) in [5.74, 6) is -0.901. The lowest BCUT2D eigenvalue weighted by Crippen LogP contribution is -2.45. The van der Waals surface area contributed by atoms with Crippen molar-refractivity contribution in [3.05, 3.63) is 23.8 Å². The molecule has 0 aromatic heterocycles. The van der Waals surface area contributed by atoms with E-state index < -0.39 is 32.5 Å².